The summed E-state index contributed by atoms with van der Waals surface area (Å²) in [5.74, 6) is 0.179. The van der Waals surface area contributed by atoms with Gasteiger partial charge in [-0.1, -0.05) is 35.4 Å². The average Bonchev–Trinajstić information content (AvgIpc) is 2.45. The Bertz CT molecular complexity index is 689. The van der Waals surface area contributed by atoms with Crippen molar-refractivity contribution in [3.05, 3.63) is 64.2 Å². The van der Waals surface area contributed by atoms with Crippen molar-refractivity contribution in [1.29, 1.82) is 5.26 Å². The molecule has 0 aliphatic heterocycles. The van der Waals surface area contributed by atoms with Gasteiger partial charge in [0.15, 0.2) is 12.4 Å². The first-order chi connectivity index (χ1) is 9.60. The molecule has 0 aromatic heterocycles. The van der Waals surface area contributed by atoms with Crippen LogP contribution in [0.3, 0.4) is 0 Å². The zero-order chi connectivity index (χ0) is 14.5. The number of carbonyl (C=O) groups is 1. The maximum absolute atomic E-state index is 12.0. The monoisotopic (exact) mass is 285 g/mol. The second kappa shape index (κ2) is 6.23. The van der Waals surface area contributed by atoms with Gasteiger partial charge in [-0.05, 0) is 25.1 Å². The number of nitriles is 1. The SMILES string of the molecule is Cc1cccc(C(=O)COc2cc(Cl)ccc2C#N)c1. The lowest BCUT2D eigenvalue weighted by atomic mass is 10.1. The van der Waals surface area contributed by atoms with Crippen LogP contribution in [0.25, 0.3) is 0 Å². The molecule has 0 N–H and O–H groups in total. The minimum atomic E-state index is -0.141. The Kier molecular flexibility index (Phi) is 4.39. The molecule has 0 spiro atoms. The summed E-state index contributed by atoms with van der Waals surface area (Å²) in [7, 11) is 0. The molecule has 0 aliphatic rings. The van der Waals surface area contributed by atoms with Crippen molar-refractivity contribution in [2.24, 2.45) is 0 Å². The van der Waals surface area contributed by atoms with Crippen molar-refractivity contribution >= 4 is 17.4 Å². The second-order valence-corrected chi connectivity index (χ2v) is 4.77. The Morgan fingerprint density at radius 2 is 2.10 bits per heavy atom. The molecule has 0 aliphatic carbocycles. The van der Waals surface area contributed by atoms with E-state index in [0.717, 1.165) is 5.56 Å². The number of hydrogen-bond acceptors (Lipinski definition) is 3. The number of nitrogens with zero attached hydrogens (tertiary/aromatic N) is 1. The van der Waals surface area contributed by atoms with Crippen LogP contribution in [0, 0.1) is 18.3 Å². The van der Waals surface area contributed by atoms with Gasteiger partial charge in [-0.2, -0.15) is 5.26 Å². The predicted octanol–water partition coefficient (Wildman–Crippen LogP) is 3.78. The first kappa shape index (κ1) is 14.1. The fourth-order valence-corrected chi connectivity index (χ4v) is 1.92. The fourth-order valence-electron chi connectivity index (χ4n) is 1.75. The van der Waals surface area contributed by atoms with E-state index >= 15 is 0 Å². The maximum Gasteiger partial charge on any atom is 0.200 e. The molecule has 2 aromatic rings. The van der Waals surface area contributed by atoms with Gasteiger partial charge >= 0.3 is 0 Å². The second-order valence-electron chi connectivity index (χ2n) is 4.33. The molecule has 20 heavy (non-hydrogen) atoms. The lowest BCUT2D eigenvalue weighted by molar-refractivity contribution is 0.0921. The van der Waals surface area contributed by atoms with Crippen LogP contribution < -0.4 is 4.74 Å². The summed E-state index contributed by atoms with van der Waals surface area (Å²) in [6.45, 7) is 1.79. The molecule has 0 saturated carbocycles. The number of benzene rings is 2. The van der Waals surface area contributed by atoms with E-state index in [1.807, 2.05) is 25.1 Å². The molecule has 100 valence electrons. The highest BCUT2D eigenvalue weighted by atomic mass is 35.5. The van der Waals surface area contributed by atoms with E-state index in [0.29, 0.717) is 21.9 Å². The molecule has 0 unspecified atom stereocenters. The molecule has 4 heteroatoms. The summed E-state index contributed by atoms with van der Waals surface area (Å²) < 4.78 is 5.41. The van der Waals surface area contributed by atoms with Crippen LogP contribution in [0.4, 0.5) is 0 Å². The third kappa shape index (κ3) is 3.37. The van der Waals surface area contributed by atoms with E-state index in [4.69, 9.17) is 21.6 Å². The minimum absolute atomic E-state index is 0.127. The molecule has 0 atom stereocenters. The standard InChI is InChI=1S/C16H12ClNO2/c1-11-3-2-4-12(7-11)15(19)10-20-16-8-14(17)6-5-13(16)9-18/h2-8H,10H2,1H3. The van der Waals surface area contributed by atoms with Gasteiger partial charge in [0.05, 0.1) is 5.56 Å². The van der Waals surface area contributed by atoms with Crippen molar-refractivity contribution in [2.75, 3.05) is 6.61 Å². The van der Waals surface area contributed by atoms with Crippen LogP contribution in [-0.4, -0.2) is 12.4 Å². The van der Waals surface area contributed by atoms with Crippen molar-refractivity contribution in [2.45, 2.75) is 6.92 Å². The Labute approximate surface area is 122 Å². The highest BCUT2D eigenvalue weighted by Gasteiger charge is 2.09. The van der Waals surface area contributed by atoms with Crippen molar-refractivity contribution in [3.63, 3.8) is 0 Å². The number of aryl methyl sites for hydroxylation is 1. The third-order valence-corrected chi connectivity index (χ3v) is 3.00. The summed E-state index contributed by atoms with van der Waals surface area (Å²) in [6, 6.07) is 14.0. The Balaban J connectivity index is 2.11. The maximum atomic E-state index is 12.0. The van der Waals surface area contributed by atoms with Crippen molar-refractivity contribution in [1.82, 2.24) is 0 Å². The Morgan fingerprint density at radius 1 is 1.30 bits per heavy atom. The smallest absolute Gasteiger partial charge is 0.200 e. The summed E-state index contributed by atoms with van der Waals surface area (Å²) >= 11 is 5.85. The minimum Gasteiger partial charge on any atom is -0.484 e. The van der Waals surface area contributed by atoms with Gasteiger partial charge in [-0.3, -0.25) is 4.79 Å². The number of rotatable bonds is 4. The van der Waals surface area contributed by atoms with Crippen LogP contribution in [0.5, 0.6) is 5.75 Å². The van der Waals surface area contributed by atoms with Crippen LogP contribution in [0.1, 0.15) is 21.5 Å². The van der Waals surface area contributed by atoms with Gasteiger partial charge < -0.3 is 4.74 Å². The van der Waals surface area contributed by atoms with Crippen LogP contribution in [0.2, 0.25) is 5.02 Å². The highest BCUT2D eigenvalue weighted by molar-refractivity contribution is 6.30. The summed E-state index contributed by atoms with van der Waals surface area (Å²) in [5, 5.41) is 9.43. The zero-order valence-corrected chi connectivity index (χ0v) is 11.6. The largest absolute Gasteiger partial charge is 0.484 e. The van der Waals surface area contributed by atoms with E-state index in [1.54, 1.807) is 24.3 Å². The van der Waals surface area contributed by atoms with E-state index in [-0.39, 0.29) is 12.4 Å². The zero-order valence-electron chi connectivity index (χ0n) is 10.9. The summed E-state index contributed by atoms with van der Waals surface area (Å²) in [5.41, 5.74) is 1.95. The molecule has 0 amide bonds. The number of hydrogen-bond donors (Lipinski definition) is 0. The van der Waals surface area contributed by atoms with Gasteiger partial charge in [-0.15, -0.1) is 0 Å². The average molecular weight is 286 g/mol. The molecule has 0 bridgehead atoms. The molecule has 0 heterocycles. The lowest BCUT2D eigenvalue weighted by Gasteiger charge is -2.08. The Hall–Kier alpha value is -2.31. The number of ether oxygens (including phenoxy) is 1. The summed E-state index contributed by atoms with van der Waals surface area (Å²) in [6.07, 6.45) is 0. The number of carbonyl (C=O) groups excluding carboxylic acids is 1. The fraction of sp³-hybridized carbons (Fsp3) is 0.125. The molecule has 0 radical (unpaired) electrons. The van der Waals surface area contributed by atoms with E-state index in [9.17, 15) is 4.79 Å². The van der Waals surface area contributed by atoms with Crippen molar-refractivity contribution in [3.8, 4) is 11.8 Å². The highest BCUT2D eigenvalue weighted by Crippen LogP contribution is 2.22. The van der Waals surface area contributed by atoms with E-state index in [2.05, 4.69) is 0 Å². The molecule has 2 rings (SSSR count). The van der Waals surface area contributed by atoms with Crippen LogP contribution >= 0.6 is 11.6 Å². The molecular weight excluding hydrogens is 274 g/mol. The number of Topliss-reactive ketones (excluding diaryl/α,β-unsaturated/α-hetero) is 1. The normalized spacial score (nSPS) is 9.85. The molecule has 2 aromatic carbocycles. The predicted molar refractivity (Wildman–Crippen MR) is 77.2 cm³/mol. The van der Waals surface area contributed by atoms with Gasteiger partial charge in [0.2, 0.25) is 0 Å². The lowest BCUT2D eigenvalue weighted by Crippen LogP contribution is -2.12. The topological polar surface area (TPSA) is 50.1 Å². The van der Waals surface area contributed by atoms with Gasteiger partial charge in [0.1, 0.15) is 11.8 Å². The van der Waals surface area contributed by atoms with Gasteiger partial charge in [0, 0.05) is 16.7 Å². The summed E-state index contributed by atoms with van der Waals surface area (Å²) in [4.78, 5) is 12.0. The van der Waals surface area contributed by atoms with Crippen molar-refractivity contribution < 1.29 is 9.53 Å². The quantitative estimate of drug-likeness (QED) is 0.803. The van der Waals surface area contributed by atoms with Gasteiger partial charge in [-0.25, -0.2) is 0 Å². The van der Waals surface area contributed by atoms with Crippen LogP contribution in [-0.2, 0) is 0 Å². The molecule has 0 fully saturated rings. The first-order valence-electron chi connectivity index (χ1n) is 6.02. The first-order valence-corrected chi connectivity index (χ1v) is 6.40. The molecular formula is C16H12ClNO2. The molecule has 0 saturated heterocycles. The van der Waals surface area contributed by atoms with Gasteiger partial charge in [0.25, 0.3) is 0 Å². The van der Waals surface area contributed by atoms with Crippen LogP contribution in [0.15, 0.2) is 42.5 Å². The van der Waals surface area contributed by atoms with E-state index in [1.165, 1.54) is 6.07 Å². The van der Waals surface area contributed by atoms with E-state index < -0.39 is 0 Å². The number of ketones is 1. The third-order valence-electron chi connectivity index (χ3n) is 2.76. The molecule has 3 nitrogen and oxygen atoms in total. The Morgan fingerprint density at radius 3 is 2.80 bits per heavy atom. The number of halogens is 1.